The van der Waals surface area contributed by atoms with Crippen molar-refractivity contribution in [3.8, 4) is 6.07 Å². The van der Waals surface area contributed by atoms with Crippen molar-refractivity contribution in [2.75, 3.05) is 36.0 Å². The zero-order valence-electron chi connectivity index (χ0n) is 21.3. The van der Waals surface area contributed by atoms with Crippen LogP contribution in [0.15, 0.2) is 36.4 Å². The van der Waals surface area contributed by atoms with E-state index in [2.05, 4.69) is 57.2 Å². The molecule has 0 spiro atoms. The van der Waals surface area contributed by atoms with E-state index >= 15 is 0 Å². The maximum Gasteiger partial charge on any atom is 0.227 e. The fourth-order valence-electron chi connectivity index (χ4n) is 7.24. The number of hydrogen-bond acceptors (Lipinski definition) is 7. The van der Waals surface area contributed by atoms with Crippen molar-refractivity contribution in [1.29, 1.82) is 5.26 Å². The van der Waals surface area contributed by atoms with Crippen LogP contribution in [-0.2, 0) is 19.5 Å². The highest BCUT2D eigenvalue weighted by atomic mass is 16.3. The van der Waals surface area contributed by atoms with Gasteiger partial charge in [-0.05, 0) is 59.9 Å². The molecule has 2 saturated heterocycles. The van der Waals surface area contributed by atoms with Crippen LogP contribution in [0, 0.1) is 17.2 Å². The number of nitriles is 1. The number of fused-ring (bicyclic) bond motifs is 1. The smallest absolute Gasteiger partial charge is 0.227 e. The molecule has 1 N–H and O–H groups in total. The monoisotopic (exact) mass is 494 g/mol. The maximum atomic E-state index is 10.0. The van der Waals surface area contributed by atoms with Crippen LogP contribution in [0.5, 0.6) is 0 Å². The number of rotatable bonds is 5. The molecule has 4 aliphatic rings. The predicted octanol–water partition coefficient (Wildman–Crippen LogP) is 4.33. The Hall–Kier alpha value is -3.21. The van der Waals surface area contributed by atoms with Gasteiger partial charge in [0.25, 0.3) is 0 Å². The van der Waals surface area contributed by atoms with E-state index in [1.807, 2.05) is 0 Å². The van der Waals surface area contributed by atoms with Gasteiger partial charge in [-0.25, -0.2) is 4.98 Å². The van der Waals surface area contributed by atoms with Crippen LogP contribution in [0.1, 0.15) is 60.5 Å². The molecule has 190 valence electrons. The molecular weight excluding hydrogens is 460 g/mol. The molecule has 1 unspecified atom stereocenters. The second-order valence-corrected chi connectivity index (χ2v) is 11.2. The molecule has 0 amide bonds. The van der Waals surface area contributed by atoms with Gasteiger partial charge in [0, 0.05) is 50.7 Å². The first-order valence-corrected chi connectivity index (χ1v) is 13.9. The highest BCUT2D eigenvalue weighted by molar-refractivity contribution is 5.91. The lowest BCUT2D eigenvalue weighted by Crippen LogP contribution is -2.38. The number of piperidine rings is 1. The van der Waals surface area contributed by atoms with Crippen molar-refractivity contribution in [2.45, 2.75) is 63.7 Å². The number of benzene rings is 2. The third-order valence-electron chi connectivity index (χ3n) is 9.05. The van der Waals surface area contributed by atoms with Crippen LogP contribution in [0.2, 0.25) is 0 Å². The third-order valence-corrected chi connectivity index (χ3v) is 9.05. The van der Waals surface area contributed by atoms with Crippen molar-refractivity contribution in [1.82, 2.24) is 14.9 Å². The van der Waals surface area contributed by atoms with Gasteiger partial charge in [-0.3, -0.25) is 4.90 Å². The van der Waals surface area contributed by atoms with Crippen LogP contribution in [0.3, 0.4) is 0 Å². The van der Waals surface area contributed by atoms with Gasteiger partial charge in [0.15, 0.2) is 0 Å². The van der Waals surface area contributed by atoms with E-state index in [0.717, 1.165) is 82.3 Å². The summed E-state index contributed by atoms with van der Waals surface area (Å²) in [6.07, 6.45) is 5.88. The Balaban J connectivity index is 1.25. The molecule has 1 aliphatic carbocycles. The van der Waals surface area contributed by atoms with Gasteiger partial charge >= 0.3 is 0 Å². The van der Waals surface area contributed by atoms with E-state index in [1.165, 1.54) is 27.5 Å². The number of aromatic nitrogens is 2. The van der Waals surface area contributed by atoms with Crippen LogP contribution in [0.25, 0.3) is 10.8 Å². The van der Waals surface area contributed by atoms with E-state index in [9.17, 15) is 10.4 Å². The fourth-order valence-corrected chi connectivity index (χ4v) is 7.24. The van der Waals surface area contributed by atoms with Gasteiger partial charge in [0.2, 0.25) is 5.95 Å². The molecule has 0 radical (unpaired) electrons. The standard InChI is InChI=1S/C30H34N6O/c31-12-11-20-5-3-13-34(16-20)29-25-17-35(18-26(25)32-30(33-29)36-14-4-9-23(36)19-37)27-15-22-8-1-6-21-7-2-10-24(27)28(21)22/h1-2,6-8,10,20,23,27,37H,3-5,9,11,13-19H2/t20-,23-,27?/m0/s1. The topological polar surface area (TPSA) is 79.5 Å². The molecule has 0 saturated carbocycles. The first-order chi connectivity index (χ1) is 18.2. The van der Waals surface area contributed by atoms with Gasteiger partial charge < -0.3 is 14.9 Å². The molecule has 4 heterocycles. The SMILES string of the molecule is N#CC[C@@H]1CCCN(c2nc(N3CCC[C@H]3CO)nc3c2CN(C2Cc4cccc5cccc2c45)C3)C1. The summed E-state index contributed by atoms with van der Waals surface area (Å²) >= 11 is 0. The zero-order chi connectivity index (χ0) is 24.9. The lowest BCUT2D eigenvalue weighted by molar-refractivity contribution is 0.203. The Morgan fingerprint density at radius 2 is 1.89 bits per heavy atom. The van der Waals surface area contributed by atoms with Crippen LogP contribution < -0.4 is 9.80 Å². The van der Waals surface area contributed by atoms with Gasteiger partial charge in [0.1, 0.15) is 5.82 Å². The van der Waals surface area contributed by atoms with E-state index < -0.39 is 0 Å². The van der Waals surface area contributed by atoms with Crippen LogP contribution in [0.4, 0.5) is 11.8 Å². The van der Waals surface area contributed by atoms with E-state index in [0.29, 0.717) is 18.4 Å². The summed E-state index contributed by atoms with van der Waals surface area (Å²) in [6.45, 7) is 4.56. The predicted molar refractivity (Wildman–Crippen MR) is 144 cm³/mol. The highest BCUT2D eigenvalue weighted by Crippen LogP contribution is 2.44. The number of aliphatic hydroxyl groups excluding tert-OH is 1. The Labute approximate surface area is 218 Å². The summed E-state index contributed by atoms with van der Waals surface area (Å²) in [4.78, 5) is 17.6. The number of aliphatic hydroxyl groups is 1. The second-order valence-electron chi connectivity index (χ2n) is 11.2. The molecule has 7 heteroatoms. The lowest BCUT2D eigenvalue weighted by Gasteiger charge is -2.34. The Kier molecular flexibility index (Phi) is 5.75. The number of anilines is 2. The zero-order valence-corrected chi connectivity index (χ0v) is 21.3. The van der Waals surface area contributed by atoms with E-state index in [4.69, 9.17) is 9.97 Å². The Morgan fingerprint density at radius 3 is 2.76 bits per heavy atom. The average Bonchev–Trinajstić information content (AvgIpc) is 3.66. The molecule has 1 aromatic heterocycles. The molecule has 3 atom stereocenters. The van der Waals surface area contributed by atoms with Crippen molar-refractivity contribution in [2.24, 2.45) is 5.92 Å². The first-order valence-electron chi connectivity index (χ1n) is 13.9. The molecule has 3 aliphatic heterocycles. The van der Waals surface area contributed by atoms with Crippen molar-refractivity contribution in [3.63, 3.8) is 0 Å². The normalized spacial score (nSPS) is 25.1. The summed E-state index contributed by atoms with van der Waals surface area (Å²) in [5.41, 5.74) is 5.26. The summed E-state index contributed by atoms with van der Waals surface area (Å²) < 4.78 is 0. The van der Waals surface area contributed by atoms with Crippen LogP contribution in [-0.4, -0.2) is 52.3 Å². The first kappa shape index (κ1) is 22.9. The van der Waals surface area contributed by atoms with Crippen molar-refractivity contribution >= 4 is 22.5 Å². The summed E-state index contributed by atoms with van der Waals surface area (Å²) in [5.74, 6) is 2.22. The summed E-state index contributed by atoms with van der Waals surface area (Å²) in [6, 6.07) is 16.2. The van der Waals surface area contributed by atoms with Gasteiger partial charge in [0.05, 0.1) is 24.4 Å². The van der Waals surface area contributed by atoms with E-state index in [1.54, 1.807) is 0 Å². The molecule has 2 fully saturated rings. The maximum absolute atomic E-state index is 10.0. The molecule has 7 rings (SSSR count). The highest BCUT2D eigenvalue weighted by Gasteiger charge is 2.37. The van der Waals surface area contributed by atoms with Gasteiger partial charge in [-0.1, -0.05) is 36.4 Å². The molecule has 0 bridgehead atoms. The molecule has 37 heavy (non-hydrogen) atoms. The largest absolute Gasteiger partial charge is 0.394 e. The fraction of sp³-hybridized carbons (Fsp3) is 0.500. The van der Waals surface area contributed by atoms with E-state index in [-0.39, 0.29) is 12.6 Å². The summed E-state index contributed by atoms with van der Waals surface area (Å²) in [7, 11) is 0. The van der Waals surface area contributed by atoms with Crippen LogP contribution >= 0.6 is 0 Å². The van der Waals surface area contributed by atoms with Gasteiger partial charge in [-0.2, -0.15) is 10.2 Å². The number of nitrogens with zero attached hydrogens (tertiary/aromatic N) is 6. The quantitative estimate of drug-likeness (QED) is 0.565. The number of hydrogen-bond donors (Lipinski definition) is 1. The van der Waals surface area contributed by atoms with Crippen molar-refractivity contribution in [3.05, 3.63) is 58.8 Å². The Bertz CT molecular complexity index is 1380. The van der Waals surface area contributed by atoms with Gasteiger partial charge in [-0.15, -0.1) is 0 Å². The third kappa shape index (κ3) is 3.86. The molecule has 3 aromatic rings. The minimum Gasteiger partial charge on any atom is -0.394 e. The molecular formula is C30H34N6O. The minimum absolute atomic E-state index is 0.0954. The summed E-state index contributed by atoms with van der Waals surface area (Å²) in [5, 5.41) is 22.1. The average molecular weight is 495 g/mol. The second kappa shape index (κ2) is 9.27. The van der Waals surface area contributed by atoms with Crippen molar-refractivity contribution < 1.29 is 5.11 Å². The molecule has 2 aromatic carbocycles. The lowest BCUT2D eigenvalue weighted by atomic mass is 9.95. The minimum atomic E-state index is 0.0954. The Morgan fingerprint density at radius 1 is 1.03 bits per heavy atom. The molecule has 7 nitrogen and oxygen atoms in total.